The second kappa shape index (κ2) is 6.48. The van der Waals surface area contributed by atoms with Gasteiger partial charge in [-0.15, -0.1) is 6.58 Å². The predicted molar refractivity (Wildman–Crippen MR) is 82.2 cm³/mol. The zero-order chi connectivity index (χ0) is 13.7. The van der Waals surface area contributed by atoms with E-state index in [1.54, 1.807) is 0 Å². The Bertz CT molecular complexity index is 555. The predicted octanol–water partition coefficient (Wildman–Crippen LogP) is 4.24. The Morgan fingerprint density at radius 2 is 2.16 bits per heavy atom. The van der Waals surface area contributed by atoms with Crippen LogP contribution in [0.3, 0.4) is 0 Å². The second-order valence-electron chi connectivity index (χ2n) is 5.09. The first-order valence-corrected chi connectivity index (χ1v) is 6.93. The number of pyridine rings is 1. The van der Waals surface area contributed by atoms with Crippen LogP contribution in [0.2, 0.25) is 0 Å². The van der Waals surface area contributed by atoms with Crippen LogP contribution in [-0.2, 0) is 0 Å². The second-order valence-corrected chi connectivity index (χ2v) is 5.09. The zero-order valence-corrected chi connectivity index (χ0v) is 11.8. The van der Waals surface area contributed by atoms with Gasteiger partial charge >= 0.3 is 0 Å². The maximum Gasteiger partial charge on any atom is 0.0705 e. The van der Waals surface area contributed by atoms with E-state index in [4.69, 9.17) is 0 Å². The van der Waals surface area contributed by atoms with Crippen molar-refractivity contribution in [3.8, 4) is 0 Å². The van der Waals surface area contributed by atoms with Gasteiger partial charge in [0.05, 0.1) is 5.52 Å². The summed E-state index contributed by atoms with van der Waals surface area (Å²) in [6.07, 6.45) is 3.95. The third kappa shape index (κ3) is 3.42. The van der Waals surface area contributed by atoms with Gasteiger partial charge in [0, 0.05) is 17.6 Å². The summed E-state index contributed by atoms with van der Waals surface area (Å²) >= 11 is 0. The molecule has 19 heavy (non-hydrogen) atoms. The summed E-state index contributed by atoms with van der Waals surface area (Å²) in [5.41, 5.74) is 3.58. The minimum Gasteiger partial charge on any atom is -0.310 e. The van der Waals surface area contributed by atoms with Crippen LogP contribution in [0.15, 0.2) is 48.7 Å². The summed E-state index contributed by atoms with van der Waals surface area (Å²) in [6, 6.07) is 10.8. The molecule has 0 saturated heterocycles. The smallest absolute Gasteiger partial charge is 0.0705 e. The van der Waals surface area contributed by atoms with E-state index in [1.807, 2.05) is 12.3 Å². The molecule has 1 heterocycles. The van der Waals surface area contributed by atoms with Crippen LogP contribution in [-0.4, -0.2) is 11.5 Å². The Labute approximate surface area is 115 Å². The number of nitrogens with one attached hydrogen (secondary N) is 1. The highest BCUT2D eigenvalue weighted by atomic mass is 14.9. The summed E-state index contributed by atoms with van der Waals surface area (Å²) in [5.74, 6) is 0. The summed E-state index contributed by atoms with van der Waals surface area (Å²) in [5, 5.41) is 4.86. The lowest BCUT2D eigenvalue weighted by atomic mass is 9.96. The molecule has 0 saturated carbocycles. The highest BCUT2D eigenvalue weighted by Gasteiger charge is 2.13. The number of nitrogens with zero attached hydrogens (tertiary/aromatic N) is 1. The topological polar surface area (TPSA) is 24.9 Å². The van der Waals surface area contributed by atoms with Crippen LogP contribution in [0.1, 0.15) is 38.3 Å². The Balaban J connectivity index is 2.39. The van der Waals surface area contributed by atoms with E-state index < -0.39 is 0 Å². The molecule has 100 valence electrons. The van der Waals surface area contributed by atoms with Gasteiger partial charge in [-0.25, -0.2) is 0 Å². The molecule has 1 aromatic carbocycles. The number of fused-ring (bicyclic) bond motifs is 1. The molecule has 2 rings (SSSR count). The minimum atomic E-state index is 0.324. The quantitative estimate of drug-likeness (QED) is 0.780. The van der Waals surface area contributed by atoms with Gasteiger partial charge in [0.15, 0.2) is 0 Å². The molecule has 2 aromatic rings. The third-order valence-corrected chi connectivity index (χ3v) is 3.25. The van der Waals surface area contributed by atoms with E-state index in [1.165, 1.54) is 16.5 Å². The summed E-state index contributed by atoms with van der Waals surface area (Å²) < 4.78 is 0. The van der Waals surface area contributed by atoms with Crippen molar-refractivity contribution >= 4 is 10.9 Å². The number of rotatable bonds is 6. The highest BCUT2D eigenvalue weighted by Crippen LogP contribution is 2.27. The van der Waals surface area contributed by atoms with Crippen LogP contribution < -0.4 is 5.32 Å². The van der Waals surface area contributed by atoms with Gasteiger partial charge in [0.1, 0.15) is 0 Å². The van der Waals surface area contributed by atoms with E-state index in [0.29, 0.717) is 6.04 Å². The molecule has 0 aliphatic rings. The lowest BCUT2D eigenvalue weighted by molar-refractivity contribution is 0.531. The van der Waals surface area contributed by atoms with Crippen molar-refractivity contribution in [1.29, 1.82) is 0 Å². The van der Waals surface area contributed by atoms with E-state index in [-0.39, 0.29) is 0 Å². The van der Waals surface area contributed by atoms with Gasteiger partial charge in [0.25, 0.3) is 0 Å². The van der Waals surface area contributed by atoms with Crippen molar-refractivity contribution in [3.05, 3.63) is 54.2 Å². The van der Waals surface area contributed by atoms with Crippen molar-refractivity contribution < 1.29 is 0 Å². The van der Waals surface area contributed by atoms with Crippen LogP contribution in [0.4, 0.5) is 0 Å². The van der Waals surface area contributed by atoms with Gasteiger partial charge in [-0.05, 0) is 44.0 Å². The highest BCUT2D eigenvalue weighted by molar-refractivity contribution is 5.82. The lowest BCUT2D eigenvalue weighted by Gasteiger charge is -2.20. The fourth-order valence-electron chi connectivity index (χ4n) is 2.39. The standard InChI is InChI=1S/C17H22N2/c1-4-10-18-17(12-13(2)3)15-7-5-9-16-14(15)8-6-11-19-16/h5-9,11,17-18H,2,4,10,12H2,1,3H3. The molecule has 2 nitrogen and oxygen atoms in total. The molecule has 0 aliphatic heterocycles. The zero-order valence-electron chi connectivity index (χ0n) is 11.8. The van der Waals surface area contributed by atoms with Gasteiger partial charge in [-0.3, -0.25) is 4.98 Å². The average Bonchev–Trinajstić information content (AvgIpc) is 2.42. The first kappa shape index (κ1) is 13.8. The van der Waals surface area contributed by atoms with Gasteiger partial charge in [-0.2, -0.15) is 0 Å². The summed E-state index contributed by atoms with van der Waals surface area (Å²) in [7, 11) is 0. The average molecular weight is 254 g/mol. The molecule has 0 bridgehead atoms. The summed E-state index contributed by atoms with van der Waals surface area (Å²) in [6.45, 7) is 9.35. The number of hydrogen-bond acceptors (Lipinski definition) is 2. The molecular weight excluding hydrogens is 232 g/mol. The first-order chi connectivity index (χ1) is 9.22. The Morgan fingerprint density at radius 1 is 1.32 bits per heavy atom. The SMILES string of the molecule is C=C(C)CC(NCCC)c1cccc2ncccc12. The fraction of sp³-hybridized carbons (Fsp3) is 0.353. The van der Waals surface area contributed by atoms with Crippen LogP contribution in [0, 0.1) is 0 Å². The molecule has 0 amide bonds. The number of hydrogen-bond donors (Lipinski definition) is 1. The van der Waals surface area contributed by atoms with Crippen LogP contribution in [0.5, 0.6) is 0 Å². The Kier molecular flexibility index (Phi) is 4.69. The minimum absolute atomic E-state index is 0.324. The molecule has 2 heteroatoms. The van der Waals surface area contributed by atoms with E-state index in [0.717, 1.165) is 24.9 Å². The van der Waals surface area contributed by atoms with Crippen LogP contribution in [0.25, 0.3) is 10.9 Å². The van der Waals surface area contributed by atoms with E-state index in [9.17, 15) is 0 Å². The maximum absolute atomic E-state index is 4.43. The van der Waals surface area contributed by atoms with Crippen molar-refractivity contribution in [2.45, 2.75) is 32.7 Å². The van der Waals surface area contributed by atoms with Gasteiger partial charge < -0.3 is 5.32 Å². The molecule has 0 fully saturated rings. The van der Waals surface area contributed by atoms with Crippen molar-refractivity contribution in [2.24, 2.45) is 0 Å². The molecule has 0 aliphatic carbocycles. The monoisotopic (exact) mass is 254 g/mol. The summed E-state index contributed by atoms with van der Waals surface area (Å²) in [4.78, 5) is 4.43. The molecule has 1 N–H and O–H groups in total. The van der Waals surface area contributed by atoms with Crippen molar-refractivity contribution in [3.63, 3.8) is 0 Å². The molecule has 1 unspecified atom stereocenters. The van der Waals surface area contributed by atoms with Crippen molar-refractivity contribution in [1.82, 2.24) is 10.3 Å². The normalized spacial score (nSPS) is 12.5. The Morgan fingerprint density at radius 3 is 2.89 bits per heavy atom. The van der Waals surface area contributed by atoms with Crippen LogP contribution >= 0.6 is 0 Å². The third-order valence-electron chi connectivity index (χ3n) is 3.25. The number of aromatic nitrogens is 1. The maximum atomic E-state index is 4.43. The molecule has 1 aromatic heterocycles. The van der Waals surface area contributed by atoms with Gasteiger partial charge in [-0.1, -0.05) is 30.7 Å². The molecule has 0 spiro atoms. The van der Waals surface area contributed by atoms with Gasteiger partial charge in [0.2, 0.25) is 0 Å². The fourth-order valence-corrected chi connectivity index (χ4v) is 2.39. The van der Waals surface area contributed by atoms with Crippen molar-refractivity contribution in [2.75, 3.05) is 6.54 Å². The molecule has 1 atom stereocenters. The lowest BCUT2D eigenvalue weighted by Crippen LogP contribution is -2.22. The molecule has 0 radical (unpaired) electrons. The number of benzene rings is 1. The van der Waals surface area contributed by atoms with E-state index >= 15 is 0 Å². The Hall–Kier alpha value is -1.67. The molecular formula is C17H22N2. The first-order valence-electron chi connectivity index (χ1n) is 6.93. The van der Waals surface area contributed by atoms with E-state index in [2.05, 4.69) is 55.0 Å². The largest absolute Gasteiger partial charge is 0.310 e.